The lowest BCUT2D eigenvalue weighted by Crippen LogP contribution is -2.36. The molecule has 1 saturated heterocycles. The van der Waals surface area contributed by atoms with E-state index in [9.17, 15) is 14.7 Å². The van der Waals surface area contributed by atoms with Gasteiger partial charge in [0.2, 0.25) is 5.91 Å². The second-order valence-corrected chi connectivity index (χ2v) is 11.1. The van der Waals surface area contributed by atoms with Crippen LogP contribution in [-0.2, 0) is 16.0 Å². The van der Waals surface area contributed by atoms with Gasteiger partial charge in [-0.1, -0.05) is 18.9 Å². The van der Waals surface area contributed by atoms with Gasteiger partial charge in [0.1, 0.15) is 11.4 Å². The van der Waals surface area contributed by atoms with Crippen molar-refractivity contribution in [1.29, 1.82) is 0 Å². The van der Waals surface area contributed by atoms with Gasteiger partial charge in [-0.2, -0.15) is 0 Å². The fourth-order valence-corrected chi connectivity index (χ4v) is 6.60. The second kappa shape index (κ2) is 6.88. The highest BCUT2D eigenvalue weighted by Crippen LogP contribution is 2.87. The van der Waals surface area contributed by atoms with E-state index in [-0.39, 0.29) is 17.4 Å². The zero-order valence-electron chi connectivity index (χ0n) is 19.0. The zero-order valence-corrected chi connectivity index (χ0v) is 19.0. The van der Waals surface area contributed by atoms with Crippen LogP contribution in [0.15, 0.2) is 12.1 Å². The topological polar surface area (TPSA) is 78.9 Å². The molecule has 0 radical (unpaired) electrons. The lowest BCUT2D eigenvalue weighted by atomic mass is 9.88. The number of fused-ring (bicyclic) bond motifs is 1. The number of ether oxygens (including phenoxy) is 1. The van der Waals surface area contributed by atoms with Crippen LogP contribution in [0.5, 0.6) is 5.75 Å². The third kappa shape index (κ3) is 3.39. The fraction of sp³-hybridized carbons (Fsp3) is 0.680. The summed E-state index contributed by atoms with van der Waals surface area (Å²) in [4.78, 5) is 26.0. The summed E-state index contributed by atoms with van der Waals surface area (Å²) in [5.74, 6) is 2.38. The normalized spacial score (nSPS) is 31.2. The van der Waals surface area contributed by atoms with E-state index in [2.05, 4.69) is 5.32 Å². The number of likely N-dealkylation sites (tertiary alicyclic amines) is 1. The molecule has 1 aliphatic heterocycles. The summed E-state index contributed by atoms with van der Waals surface area (Å²) in [5.41, 5.74) is 2.44. The Hall–Kier alpha value is -2.24. The molecular formula is C25H34N2O4. The molecule has 5 rings (SSSR count). The molecule has 4 fully saturated rings. The molecule has 4 atom stereocenters. The maximum atomic E-state index is 12.5. The number of phenolic OH excluding ortho intramolecular Hbond substituents is 1. The van der Waals surface area contributed by atoms with Crippen molar-refractivity contribution in [1.82, 2.24) is 4.90 Å². The molecule has 1 aromatic rings. The first kappa shape index (κ1) is 20.7. The van der Waals surface area contributed by atoms with Crippen molar-refractivity contribution in [2.45, 2.75) is 71.3 Å². The first-order valence-electron chi connectivity index (χ1n) is 11.7. The largest absolute Gasteiger partial charge is 0.507 e. The van der Waals surface area contributed by atoms with Gasteiger partial charge in [-0.25, -0.2) is 4.79 Å². The molecule has 31 heavy (non-hydrogen) atoms. The highest BCUT2D eigenvalue weighted by molar-refractivity contribution is 5.90. The van der Waals surface area contributed by atoms with E-state index < -0.39 is 5.60 Å². The summed E-state index contributed by atoms with van der Waals surface area (Å²) in [6.45, 7) is 8.80. The van der Waals surface area contributed by atoms with Gasteiger partial charge in [0.05, 0.1) is 0 Å². The predicted octanol–water partition coefficient (Wildman–Crippen LogP) is 4.66. The Morgan fingerprint density at radius 1 is 1.26 bits per heavy atom. The molecular weight excluding hydrogens is 392 g/mol. The van der Waals surface area contributed by atoms with Crippen LogP contribution in [0, 0.1) is 23.2 Å². The van der Waals surface area contributed by atoms with Gasteiger partial charge < -0.3 is 20.1 Å². The second-order valence-electron chi connectivity index (χ2n) is 11.1. The zero-order chi connectivity index (χ0) is 22.1. The Labute approximate surface area is 184 Å². The van der Waals surface area contributed by atoms with Crippen LogP contribution < -0.4 is 5.32 Å². The third-order valence-corrected chi connectivity index (χ3v) is 8.00. The smallest absolute Gasteiger partial charge is 0.410 e. The Bertz CT molecular complexity index is 930. The minimum Gasteiger partial charge on any atom is -0.507 e. The quantitative estimate of drug-likeness (QED) is 0.734. The summed E-state index contributed by atoms with van der Waals surface area (Å²) in [7, 11) is 0. The van der Waals surface area contributed by atoms with Crippen molar-refractivity contribution in [2.75, 3.05) is 18.4 Å². The van der Waals surface area contributed by atoms with Gasteiger partial charge in [0.15, 0.2) is 0 Å². The molecule has 2 amide bonds. The summed E-state index contributed by atoms with van der Waals surface area (Å²) < 4.78 is 5.56. The molecule has 3 saturated carbocycles. The first-order valence-corrected chi connectivity index (χ1v) is 11.7. The van der Waals surface area contributed by atoms with Crippen LogP contribution in [0.2, 0.25) is 0 Å². The van der Waals surface area contributed by atoms with E-state index in [0.29, 0.717) is 29.4 Å². The number of phenols is 1. The lowest BCUT2D eigenvalue weighted by Gasteiger charge is -2.25. The molecule has 0 bridgehead atoms. The average Bonchev–Trinajstić information content (AvgIpc) is 3.25. The number of rotatable bonds is 4. The average molecular weight is 427 g/mol. The highest BCUT2D eigenvalue weighted by Gasteiger charge is 2.88. The predicted molar refractivity (Wildman–Crippen MR) is 118 cm³/mol. The molecule has 168 valence electrons. The number of carbonyl (C=O) groups is 2. The minimum absolute atomic E-state index is 0.107. The third-order valence-electron chi connectivity index (χ3n) is 8.00. The van der Waals surface area contributed by atoms with Crippen molar-refractivity contribution < 1.29 is 19.4 Å². The number of piperidine rings is 1. The number of hydrogen-bond acceptors (Lipinski definition) is 4. The molecule has 4 unspecified atom stereocenters. The number of hydrogen-bond donors (Lipinski definition) is 2. The first-order chi connectivity index (χ1) is 14.6. The van der Waals surface area contributed by atoms with Crippen LogP contribution >= 0.6 is 0 Å². The van der Waals surface area contributed by atoms with Gasteiger partial charge in [-0.05, 0) is 80.8 Å². The number of aromatic hydroxyl groups is 1. The Balaban J connectivity index is 1.30. The van der Waals surface area contributed by atoms with Gasteiger partial charge in [-0.15, -0.1) is 0 Å². The molecule has 0 aromatic heterocycles. The van der Waals surface area contributed by atoms with Crippen molar-refractivity contribution in [2.24, 2.45) is 23.2 Å². The van der Waals surface area contributed by atoms with E-state index in [0.717, 1.165) is 49.2 Å². The van der Waals surface area contributed by atoms with Crippen LogP contribution in [-0.4, -0.2) is 40.7 Å². The summed E-state index contributed by atoms with van der Waals surface area (Å²) in [5, 5.41) is 14.1. The standard InChI is InChI=1S/C25H34N2O4/c1-14(28)26-19-10-9-16(22(29)20(19)15-7-5-6-8-15)11-17-21-18-12-27(13-25(17,18)21)23(30)31-24(2,3)4/h9-10,15,17-18,21,29H,5-8,11-13H2,1-4H3,(H,26,28). The highest BCUT2D eigenvalue weighted by atomic mass is 16.6. The number of nitrogens with zero attached hydrogens (tertiary/aromatic N) is 1. The summed E-state index contributed by atoms with van der Waals surface area (Å²) in [6, 6.07) is 3.94. The molecule has 1 aromatic carbocycles. The Kier molecular flexibility index (Phi) is 4.58. The van der Waals surface area contributed by atoms with E-state index >= 15 is 0 Å². The SMILES string of the molecule is CC(=O)Nc1ccc(CC2C3C4CN(C(=O)OC(C)(C)C)CC243)c(O)c1C1CCCC1. The van der Waals surface area contributed by atoms with Crippen LogP contribution in [0.4, 0.5) is 10.5 Å². The minimum atomic E-state index is -0.470. The lowest BCUT2D eigenvalue weighted by molar-refractivity contribution is -0.114. The van der Waals surface area contributed by atoms with Crippen molar-refractivity contribution in [3.05, 3.63) is 23.3 Å². The maximum Gasteiger partial charge on any atom is 0.410 e. The fourth-order valence-electron chi connectivity index (χ4n) is 6.60. The number of nitrogens with one attached hydrogen (secondary N) is 1. The van der Waals surface area contributed by atoms with Crippen molar-refractivity contribution >= 4 is 17.7 Å². The summed E-state index contributed by atoms with van der Waals surface area (Å²) >= 11 is 0. The van der Waals surface area contributed by atoms with Crippen molar-refractivity contribution in [3.63, 3.8) is 0 Å². The Morgan fingerprint density at radius 3 is 2.61 bits per heavy atom. The van der Waals surface area contributed by atoms with E-state index in [1.54, 1.807) is 0 Å². The van der Waals surface area contributed by atoms with Gasteiger partial charge in [0, 0.05) is 31.3 Å². The van der Waals surface area contributed by atoms with Crippen LogP contribution in [0.1, 0.15) is 70.4 Å². The van der Waals surface area contributed by atoms with Gasteiger partial charge in [-0.3, -0.25) is 4.79 Å². The molecule has 6 nitrogen and oxygen atoms in total. The Morgan fingerprint density at radius 2 is 1.97 bits per heavy atom. The molecule has 6 heteroatoms. The molecule has 3 aliphatic carbocycles. The molecule has 1 spiro atoms. The van der Waals surface area contributed by atoms with Crippen LogP contribution in [0.25, 0.3) is 0 Å². The van der Waals surface area contributed by atoms with Crippen LogP contribution in [0.3, 0.4) is 0 Å². The van der Waals surface area contributed by atoms with Crippen molar-refractivity contribution in [3.8, 4) is 5.75 Å². The van der Waals surface area contributed by atoms with Gasteiger partial charge >= 0.3 is 6.09 Å². The van der Waals surface area contributed by atoms with E-state index in [1.807, 2.05) is 37.8 Å². The van der Waals surface area contributed by atoms with E-state index in [1.165, 1.54) is 19.8 Å². The molecule has 4 aliphatic rings. The number of carbonyl (C=O) groups excluding carboxylic acids is 2. The summed E-state index contributed by atoms with van der Waals surface area (Å²) in [6.07, 6.45) is 5.10. The van der Waals surface area contributed by atoms with E-state index in [4.69, 9.17) is 4.74 Å². The number of amides is 2. The number of anilines is 1. The molecule has 1 heterocycles. The number of benzene rings is 1. The maximum absolute atomic E-state index is 12.5. The molecule has 2 N–H and O–H groups in total. The van der Waals surface area contributed by atoms with Gasteiger partial charge in [0.25, 0.3) is 0 Å². The monoisotopic (exact) mass is 426 g/mol.